The Kier molecular flexibility index (Phi) is 4.18. The van der Waals surface area contributed by atoms with Crippen molar-refractivity contribution in [3.8, 4) is 0 Å². The zero-order valence-corrected chi connectivity index (χ0v) is 8.25. The Hall–Kier alpha value is -0.610. The van der Waals surface area contributed by atoms with Crippen LogP contribution in [0.1, 0.15) is 32.6 Å². The minimum absolute atomic E-state index is 0.0805. The molecule has 0 radical (unpaired) electrons. The van der Waals surface area contributed by atoms with Crippen LogP contribution in [0.25, 0.3) is 0 Å². The fourth-order valence-electron chi connectivity index (χ4n) is 1.77. The molecule has 76 valence electrons. The lowest BCUT2D eigenvalue weighted by atomic mass is 10.2. The summed E-state index contributed by atoms with van der Waals surface area (Å²) in [6, 6.07) is -0.0805. The van der Waals surface area contributed by atoms with Crippen molar-refractivity contribution in [3.63, 3.8) is 0 Å². The number of nitrogens with one attached hydrogen (secondary N) is 1. The molecule has 1 saturated heterocycles. The lowest BCUT2D eigenvalue weighted by Gasteiger charge is -2.25. The van der Waals surface area contributed by atoms with Gasteiger partial charge in [0.1, 0.15) is 0 Å². The number of nitrogens with two attached hydrogens (primary N) is 1. The van der Waals surface area contributed by atoms with Gasteiger partial charge in [0, 0.05) is 0 Å². The van der Waals surface area contributed by atoms with Gasteiger partial charge in [-0.3, -0.25) is 15.1 Å². The molecule has 0 unspecified atom stereocenters. The molecule has 3 N–H and O–H groups in total. The summed E-state index contributed by atoms with van der Waals surface area (Å²) in [4.78, 5) is 13.4. The van der Waals surface area contributed by atoms with Crippen molar-refractivity contribution >= 4 is 5.91 Å². The first-order valence-electron chi connectivity index (χ1n) is 5.00. The first-order chi connectivity index (χ1) is 6.25. The summed E-state index contributed by atoms with van der Waals surface area (Å²) in [6.45, 7) is 3.96. The summed E-state index contributed by atoms with van der Waals surface area (Å²) in [5.41, 5.74) is 2.20. The standard InChI is InChI=1S/C9H19N3O/c1-8(9(13)11-10)12-6-4-2-3-5-7-12/h8H,2-7,10H2,1H3,(H,11,13)/t8-/m1/s1. The first-order valence-corrected chi connectivity index (χ1v) is 5.00. The SMILES string of the molecule is C[C@H](C(=O)NN)N1CCCCCC1. The van der Waals surface area contributed by atoms with E-state index in [0.717, 1.165) is 13.1 Å². The van der Waals surface area contributed by atoms with Crippen LogP contribution in [0.4, 0.5) is 0 Å². The Morgan fingerprint density at radius 3 is 2.31 bits per heavy atom. The van der Waals surface area contributed by atoms with Gasteiger partial charge in [0.25, 0.3) is 5.91 Å². The second kappa shape index (κ2) is 5.19. The van der Waals surface area contributed by atoms with Gasteiger partial charge in [-0.15, -0.1) is 0 Å². The van der Waals surface area contributed by atoms with Crippen LogP contribution in [0.3, 0.4) is 0 Å². The van der Waals surface area contributed by atoms with Crippen LogP contribution in [0.2, 0.25) is 0 Å². The number of hydrazine groups is 1. The topological polar surface area (TPSA) is 58.4 Å². The average molecular weight is 185 g/mol. The molecular formula is C9H19N3O. The van der Waals surface area contributed by atoms with Crippen LogP contribution in [-0.2, 0) is 4.79 Å². The van der Waals surface area contributed by atoms with Crippen LogP contribution in [0.5, 0.6) is 0 Å². The molecule has 1 atom stereocenters. The van der Waals surface area contributed by atoms with E-state index >= 15 is 0 Å². The molecule has 0 aromatic heterocycles. The normalized spacial score (nSPS) is 22.0. The lowest BCUT2D eigenvalue weighted by molar-refractivity contribution is -0.125. The van der Waals surface area contributed by atoms with Gasteiger partial charge in [-0.05, 0) is 32.9 Å². The number of likely N-dealkylation sites (tertiary alicyclic amines) is 1. The highest BCUT2D eigenvalue weighted by atomic mass is 16.2. The molecule has 4 nitrogen and oxygen atoms in total. The number of hydrogen-bond acceptors (Lipinski definition) is 3. The zero-order valence-electron chi connectivity index (χ0n) is 8.25. The molecule has 0 saturated carbocycles. The Morgan fingerprint density at radius 1 is 1.31 bits per heavy atom. The summed E-state index contributed by atoms with van der Waals surface area (Å²) in [5.74, 6) is 5.01. The van der Waals surface area contributed by atoms with Crippen molar-refractivity contribution in [2.75, 3.05) is 13.1 Å². The second-order valence-corrected chi connectivity index (χ2v) is 3.63. The molecule has 0 spiro atoms. The third-order valence-corrected chi connectivity index (χ3v) is 2.71. The molecular weight excluding hydrogens is 166 g/mol. The number of rotatable bonds is 2. The summed E-state index contributed by atoms with van der Waals surface area (Å²) >= 11 is 0. The third kappa shape index (κ3) is 2.97. The van der Waals surface area contributed by atoms with Crippen LogP contribution >= 0.6 is 0 Å². The van der Waals surface area contributed by atoms with E-state index in [-0.39, 0.29) is 11.9 Å². The van der Waals surface area contributed by atoms with Gasteiger partial charge in [0.15, 0.2) is 0 Å². The summed E-state index contributed by atoms with van der Waals surface area (Å²) in [6.07, 6.45) is 4.96. The number of amides is 1. The molecule has 1 amide bonds. The van der Waals surface area contributed by atoms with E-state index in [1.807, 2.05) is 6.92 Å². The van der Waals surface area contributed by atoms with Crippen LogP contribution in [0.15, 0.2) is 0 Å². The highest BCUT2D eigenvalue weighted by molar-refractivity contribution is 5.80. The van der Waals surface area contributed by atoms with Crippen LogP contribution < -0.4 is 11.3 Å². The molecule has 1 fully saturated rings. The monoisotopic (exact) mass is 185 g/mol. The van der Waals surface area contributed by atoms with Gasteiger partial charge >= 0.3 is 0 Å². The van der Waals surface area contributed by atoms with Gasteiger partial charge in [-0.25, -0.2) is 5.84 Å². The Labute approximate surface area is 79.4 Å². The summed E-state index contributed by atoms with van der Waals surface area (Å²) in [7, 11) is 0. The Balaban J connectivity index is 2.43. The molecule has 1 rings (SSSR count). The molecule has 1 heterocycles. The predicted molar refractivity (Wildman–Crippen MR) is 51.8 cm³/mol. The van der Waals surface area contributed by atoms with Gasteiger partial charge in [0.05, 0.1) is 6.04 Å². The molecule has 0 bridgehead atoms. The average Bonchev–Trinajstić information content (AvgIpc) is 2.43. The molecule has 1 aliphatic rings. The van der Waals surface area contributed by atoms with Crippen molar-refractivity contribution in [2.45, 2.75) is 38.6 Å². The maximum absolute atomic E-state index is 11.2. The molecule has 0 aliphatic carbocycles. The van der Waals surface area contributed by atoms with Crippen LogP contribution in [0, 0.1) is 0 Å². The Morgan fingerprint density at radius 2 is 1.85 bits per heavy atom. The quantitative estimate of drug-likeness (QED) is 0.368. The van der Waals surface area contributed by atoms with E-state index in [1.54, 1.807) is 0 Å². The van der Waals surface area contributed by atoms with Crippen molar-refractivity contribution in [1.82, 2.24) is 10.3 Å². The van der Waals surface area contributed by atoms with E-state index in [0.29, 0.717) is 0 Å². The number of carbonyl (C=O) groups is 1. The third-order valence-electron chi connectivity index (χ3n) is 2.71. The van der Waals surface area contributed by atoms with Crippen LogP contribution in [-0.4, -0.2) is 29.9 Å². The minimum atomic E-state index is -0.0816. The van der Waals surface area contributed by atoms with Gasteiger partial charge in [0.2, 0.25) is 0 Å². The number of carbonyl (C=O) groups excluding carboxylic acids is 1. The first kappa shape index (κ1) is 10.5. The molecule has 1 aliphatic heterocycles. The summed E-state index contributed by atoms with van der Waals surface area (Å²) < 4.78 is 0. The highest BCUT2D eigenvalue weighted by Crippen LogP contribution is 2.12. The number of hydrogen-bond donors (Lipinski definition) is 2. The fourth-order valence-corrected chi connectivity index (χ4v) is 1.77. The highest BCUT2D eigenvalue weighted by Gasteiger charge is 2.20. The smallest absolute Gasteiger partial charge is 0.250 e. The minimum Gasteiger partial charge on any atom is -0.293 e. The van der Waals surface area contributed by atoms with E-state index in [1.165, 1.54) is 25.7 Å². The molecule has 0 aromatic carbocycles. The van der Waals surface area contributed by atoms with Gasteiger partial charge in [-0.2, -0.15) is 0 Å². The maximum atomic E-state index is 11.2. The van der Waals surface area contributed by atoms with Gasteiger partial charge < -0.3 is 0 Å². The zero-order chi connectivity index (χ0) is 9.68. The van der Waals surface area contributed by atoms with Crippen molar-refractivity contribution in [1.29, 1.82) is 0 Å². The largest absolute Gasteiger partial charge is 0.293 e. The summed E-state index contributed by atoms with van der Waals surface area (Å²) in [5, 5.41) is 0. The van der Waals surface area contributed by atoms with Crippen molar-refractivity contribution < 1.29 is 4.79 Å². The lowest BCUT2D eigenvalue weighted by Crippen LogP contribution is -2.47. The van der Waals surface area contributed by atoms with E-state index < -0.39 is 0 Å². The van der Waals surface area contributed by atoms with Crippen molar-refractivity contribution in [2.24, 2.45) is 5.84 Å². The maximum Gasteiger partial charge on any atom is 0.250 e. The molecule has 13 heavy (non-hydrogen) atoms. The predicted octanol–water partition coefficient (Wildman–Crippen LogP) is 0.241. The fraction of sp³-hybridized carbons (Fsp3) is 0.889. The second-order valence-electron chi connectivity index (χ2n) is 3.63. The van der Waals surface area contributed by atoms with Gasteiger partial charge in [-0.1, -0.05) is 12.8 Å². The van der Waals surface area contributed by atoms with E-state index in [9.17, 15) is 4.79 Å². The van der Waals surface area contributed by atoms with E-state index in [4.69, 9.17) is 5.84 Å². The number of nitrogens with zero attached hydrogens (tertiary/aromatic N) is 1. The Bertz CT molecular complexity index is 164. The molecule has 0 aromatic rings. The van der Waals surface area contributed by atoms with Crippen molar-refractivity contribution in [3.05, 3.63) is 0 Å². The van der Waals surface area contributed by atoms with E-state index in [2.05, 4.69) is 10.3 Å². The molecule has 4 heteroatoms.